The second-order valence-corrected chi connectivity index (χ2v) is 3.63. The lowest BCUT2D eigenvalue weighted by atomic mass is 10.2. The highest BCUT2D eigenvalue weighted by Crippen LogP contribution is 2.18. The molecule has 0 unspecified atom stereocenters. The van der Waals surface area contributed by atoms with Crippen molar-refractivity contribution in [2.24, 2.45) is 0 Å². The van der Waals surface area contributed by atoms with Gasteiger partial charge in [-0.1, -0.05) is 0 Å². The molecule has 0 atom stereocenters. The first-order chi connectivity index (χ1) is 8.63. The Kier molecular flexibility index (Phi) is 5.06. The van der Waals surface area contributed by atoms with Crippen LogP contribution in [0.25, 0.3) is 0 Å². The normalized spacial score (nSPS) is 9.67. The van der Waals surface area contributed by atoms with E-state index in [9.17, 15) is 4.79 Å². The average Bonchev–Trinajstić information content (AvgIpc) is 2.39. The number of hydrogen-bond acceptors (Lipinski definition) is 6. The number of esters is 1. The minimum atomic E-state index is -0.472. The van der Waals surface area contributed by atoms with Gasteiger partial charge in [0.15, 0.2) is 0 Å². The molecule has 0 aliphatic carbocycles. The molecule has 18 heavy (non-hydrogen) atoms. The van der Waals surface area contributed by atoms with E-state index >= 15 is 0 Å². The van der Waals surface area contributed by atoms with Crippen molar-refractivity contribution in [3.63, 3.8) is 0 Å². The summed E-state index contributed by atoms with van der Waals surface area (Å²) in [5.41, 5.74) is 0.322. The molecule has 1 rings (SSSR count). The number of nitriles is 1. The molecule has 0 aliphatic rings. The molecule has 1 aromatic rings. The second-order valence-electron chi connectivity index (χ2n) is 3.63. The molecule has 1 heterocycles. The molecule has 0 spiro atoms. The van der Waals surface area contributed by atoms with Crippen LogP contribution in [-0.4, -0.2) is 36.1 Å². The maximum absolute atomic E-state index is 11.6. The van der Waals surface area contributed by atoms with Crippen LogP contribution in [0.3, 0.4) is 0 Å². The first-order valence-corrected chi connectivity index (χ1v) is 5.67. The van der Waals surface area contributed by atoms with Gasteiger partial charge in [-0.2, -0.15) is 5.26 Å². The van der Waals surface area contributed by atoms with E-state index in [0.29, 0.717) is 36.7 Å². The van der Waals surface area contributed by atoms with Crippen LogP contribution in [0.5, 0.6) is 0 Å². The van der Waals surface area contributed by atoms with Crippen LogP contribution in [0.2, 0.25) is 0 Å². The van der Waals surface area contributed by atoms with Gasteiger partial charge in [-0.15, -0.1) is 0 Å². The first kappa shape index (κ1) is 13.9. The molecule has 0 radical (unpaired) electrons. The summed E-state index contributed by atoms with van der Waals surface area (Å²) in [6, 6.07) is 2.08. The molecule has 0 bridgehead atoms. The molecule has 0 saturated carbocycles. The lowest BCUT2D eigenvalue weighted by Gasteiger charge is -2.22. The first-order valence-electron chi connectivity index (χ1n) is 5.67. The zero-order chi connectivity index (χ0) is 13.5. The topological polar surface area (TPSA) is 79.1 Å². The lowest BCUT2D eigenvalue weighted by Crippen LogP contribution is -2.27. The van der Waals surface area contributed by atoms with Gasteiger partial charge >= 0.3 is 5.97 Å². The summed E-state index contributed by atoms with van der Waals surface area (Å²) in [5, 5.41) is 8.64. The van der Waals surface area contributed by atoms with Crippen molar-refractivity contribution in [2.75, 3.05) is 25.1 Å². The number of rotatable bonds is 5. The molecule has 1 aromatic heterocycles. The summed E-state index contributed by atoms with van der Waals surface area (Å²) in [6.45, 7) is 4.87. The number of carbonyl (C=O) groups is 1. The number of aromatic nitrogens is 2. The van der Waals surface area contributed by atoms with E-state index in [4.69, 9.17) is 10.00 Å². The Hall–Kier alpha value is -2.16. The minimum absolute atomic E-state index is 0.322. The number of anilines is 1. The molecule has 0 amide bonds. The van der Waals surface area contributed by atoms with E-state index < -0.39 is 5.97 Å². The van der Waals surface area contributed by atoms with Crippen LogP contribution >= 0.6 is 0 Å². The highest BCUT2D eigenvalue weighted by molar-refractivity contribution is 5.94. The third-order valence-corrected chi connectivity index (χ3v) is 2.47. The molecular weight excluding hydrogens is 232 g/mol. The minimum Gasteiger partial charge on any atom is -0.465 e. The SMILES string of the molecule is CCN(CCC#N)c1nc(C)ncc1C(=O)OC. The van der Waals surface area contributed by atoms with Crippen molar-refractivity contribution in [2.45, 2.75) is 20.3 Å². The number of aryl methyl sites for hydroxylation is 1. The molecule has 96 valence electrons. The summed E-state index contributed by atoms with van der Waals surface area (Å²) < 4.78 is 4.71. The van der Waals surface area contributed by atoms with Gasteiger partial charge in [-0.05, 0) is 13.8 Å². The second kappa shape index (κ2) is 6.55. The molecule has 0 aromatic carbocycles. The van der Waals surface area contributed by atoms with Gasteiger partial charge in [-0.3, -0.25) is 0 Å². The van der Waals surface area contributed by atoms with Crippen LogP contribution in [0.4, 0.5) is 5.82 Å². The maximum Gasteiger partial charge on any atom is 0.343 e. The third-order valence-electron chi connectivity index (χ3n) is 2.47. The highest BCUT2D eigenvalue weighted by atomic mass is 16.5. The van der Waals surface area contributed by atoms with Gasteiger partial charge in [0.05, 0.1) is 19.6 Å². The molecule has 6 heteroatoms. The average molecular weight is 248 g/mol. The van der Waals surface area contributed by atoms with E-state index in [1.54, 1.807) is 6.92 Å². The molecule has 0 N–H and O–H groups in total. The summed E-state index contributed by atoms with van der Waals surface area (Å²) in [6.07, 6.45) is 1.83. The number of hydrogen-bond donors (Lipinski definition) is 0. The monoisotopic (exact) mass is 248 g/mol. The van der Waals surface area contributed by atoms with Crippen molar-refractivity contribution >= 4 is 11.8 Å². The number of methoxy groups -OCH3 is 1. The fourth-order valence-electron chi connectivity index (χ4n) is 1.55. The Labute approximate surface area is 106 Å². The van der Waals surface area contributed by atoms with E-state index in [2.05, 4.69) is 16.0 Å². The smallest absolute Gasteiger partial charge is 0.343 e. The number of ether oxygens (including phenoxy) is 1. The molecule has 0 fully saturated rings. The molecule has 6 nitrogen and oxygen atoms in total. The van der Waals surface area contributed by atoms with Gasteiger partial charge in [-0.25, -0.2) is 14.8 Å². The Morgan fingerprint density at radius 3 is 2.89 bits per heavy atom. The summed E-state index contributed by atoms with van der Waals surface area (Å²) in [7, 11) is 1.32. The zero-order valence-electron chi connectivity index (χ0n) is 10.8. The third kappa shape index (κ3) is 3.17. The predicted molar refractivity (Wildman–Crippen MR) is 66.2 cm³/mol. The summed E-state index contributed by atoms with van der Waals surface area (Å²) in [5.74, 6) is 0.626. The quantitative estimate of drug-likeness (QED) is 0.731. The van der Waals surface area contributed by atoms with Crippen molar-refractivity contribution in [1.82, 2.24) is 9.97 Å². The van der Waals surface area contributed by atoms with Crippen molar-refractivity contribution in [3.8, 4) is 6.07 Å². The van der Waals surface area contributed by atoms with Gasteiger partial charge in [0.25, 0.3) is 0 Å². The van der Waals surface area contributed by atoms with Gasteiger partial charge < -0.3 is 9.64 Å². The molecule has 0 aliphatic heterocycles. The van der Waals surface area contributed by atoms with Crippen molar-refractivity contribution in [3.05, 3.63) is 17.6 Å². The van der Waals surface area contributed by atoms with E-state index in [-0.39, 0.29) is 0 Å². The zero-order valence-corrected chi connectivity index (χ0v) is 10.8. The predicted octanol–water partition coefficient (Wildman–Crippen LogP) is 1.31. The number of carbonyl (C=O) groups excluding carboxylic acids is 1. The van der Waals surface area contributed by atoms with Crippen molar-refractivity contribution in [1.29, 1.82) is 5.26 Å². The van der Waals surface area contributed by atoms with Crippen LogP contribution in [-0.2, 0) is 4.74 Å². The lowest BCUT2D eigenvalue weighted by molar-refractivity contribution is 0.0600. The van der Waals surface area contributed by atoms with Crippen LogP contribution in [0.15, 0.2) is 6.20 Å². The molecule has 0 saturated heterocycles. The molecular formula is C12H16N4O2. The van der Waals surface area contributed by atoms with Crippen LogP contribution < -0.4 is 4.90 Å². The van der Waals surface area contributed by atoms with E-state index in [1.807, 2.05) is 11.8 Å². The van der Waals surface area contributed by atoms with Gasteiger partial charge in [0.2, 0.25) is 0 Å². The maximum atomic E-state index is 11.6. The van der Waals surface area contributed by atoms with Gasteiger partial charge in [0, 0.05) is 19.3 Å². The van der Waals surface area contributed by atoms with Crippen LogP contribution in [0, 0.1) is 18.3 Å². The summed E-state index contributed by atoms with van der Waals surface area (Å²) >= 11 is 0. The van der Waals surface area contributed by atoms with Crippen LogP contribution in [0.1, 0.15) is 29.5 Å². The standard InChI is InChI=1S/C12H16N4O2/c1-4-16(7-5-6-13)11-10(12(17)18-3)8-14-9(2)15-11/h8H,4-5,7H2,1-3H3. The highest BCUT2D eigenvalue weighted by Gasteiger charge is 2.18. The van der Waals surface area contributed by atoms with E-state index in [1.165, 1.54) is 13.3 Å². The van der Waals surface area contributed by atoms with E-state index in [0.717, 1.165) is 0 Å². The van der Waals surface area contributed by atoms with Gasteiger partial charge in [0.1, 0.15) is 17.2 Å². The Morgan fingerprint density at radius 1 is 1.61 bits per heavy atom. The summed E-state index contributed by atoms with van der Waals surface area (Å²) in [4.78, 5) is 21.8. The largest absolute Gasteiger partial charge is 0.465 e. The van der Waals surface area contributed by atoms with Crippen molar-refractivity contribution < 1.29 is 9.53 Å². The Balaban J connectivity index is 3.14. The fourth-order valence-corrected chi connectivity index (χ4v) is 1.55. The number of nitrogens with zero attached hydrogens (tertiary/aromatic N) is 4. The Morgan fingerprint density at radius 2 is 2.33 bits per heavy atom. The fraction of sp³-hybridized carbons (Fsp3) is 0.500. The Bertz CT molecular complexity index is 468.